The number of aliphatic hydroxyl groups is 5. The highest BCUT2D eigenvalue weighted by molar-refractivity contribution is 5.89. The van der Waals surface area contributed by atoms with Crippen molar-refractivity contribution in [3.63, 3.8) is 0 Å². The zero-order chi connectivity index (χ0) is 35.2. The fourth-order valence-electron chi connectivity index (χ4n) is 7.48. The molecule has 276 valence electrons. The Bertz CT molecular complexity index is 1200. The Hall–Kier alpha value is -2.24. The third-order valence-electron chi connectivity index (χ3n) is 10.4. The summed E-state index contributed by atoms with van der Waals surface area (Å²) >= 11 is 0. The third-order valence-corrected chi connectivity index (χ3v) is 10.4. The fraction of sp³-hybridized carbons (Fsp3) is 0.771. The molecule has 49 heavy (non-hydrogen) atoms. The van der Waals surface area contributed by atoms with E-state index in [1.54, 1.807) is 37.3 Å². The molecule has 5 rings (SSSR count). The molecule has 2 heterocycles. The summed E-state index contributed by atoms with van der Waals surface area (Å²) < 4.78 is 36.5. The average molecular weight is 697 g/mol. The van der Waals surface area contributed by atoms with Gasteiger partial charge in [0.25, 0.3) is 0 Å². The maximum Gasteiger partial charge on any atom is 0.338 e. The first kappa shape index (κ1) is 38.0. The van der Waals surface area contributed by atoms with Crippen molar-refractivity contribution >= 4 is 11.9 Å². The number of esters is 1. The van der Waals surface area contributed by atoms with Crippen LogP contribution in [-0.2, 0) is 33.2 Å². The van der Waals surface area contributed by atoms with Crippen LogP contribution in [-0.4, -0.2) is 129 Å². The Morgan fingerprint density at radius 3 is 2.18 bits per heavy atom. The van der Waals surface area contributed by atoms with Gasteiger partial charge in [-0.05, 0) is 50.2 Å². The zero-order valence-corrected chi connectivity index (χ0v) is 28.1. The van der Waals surface area contributed by atoms with Gasteiger partial charge in [-0.15, -0.1) is 0 Å². The number of hydrogen-bond donors (Lipinski definition) is 6. The van der Waals surface area contributed by atoms with Crippen molar-refractivity contribution in [1.29, 1.82) is 0 Å². The quantitative estimate of drug-likeness (QED) is 0.171. The van der Waals surface area contributed by atoms with Crippen LogP contribution in [0.1, 0.15) is 82.0 Å². The Morgan fingerprint density at radius 1 is 0.796 bits per heavy atom. The summed E-state index contributed by atoms with van der Waals surface area (Å²) in [6.45, 7) is 2.81. The molecule has 14 nitrogen and oxygen atoms in total. The molecule has 0 spiro atoms. The number of benzene rings is 1. The SMILES string of the molecule is CC1CCCC(OC2OC(CO)C(O)C(O[C@@H](CC3CCCCC3)C(=O)O)C2OC(=O)c2ccccc2)C1OC1OC(C)C(O)C(O)C1O. The number of carbonyl (C=O) groups excluding carboxylic acids is 1. The number of ether oxygens (including phenoxy) is 6. The van der Waals surface area contributed by atoms with Crippen LogP contribution in [0.2, 0.25) is 0 Å². The Kier molecular flexibility index (Phi) is 13.4. The molecular formula is C35H52O14. The second-order valence-electron chi connectivity index (χ2n) is 14.0. The number of carboxylic acids is 1. The number of aliphatic hydroxyl groups excluding tert-OH is 5. The molecule has 13 unspecified atom stereocenters. The number of rotatable bonds is 12. The van der Waals surface area contributed by atoms with Gasteiger partial charge in [0.15, 0.2) is 24.8 Å². The monoisotopic (exact) mass is 696 g/mol. The van der Waals surface area contributed by atoms with Crippen LogP contribution >= 0.6 is 0 Å². The van der Waals surface area contributed by atoms with Crippen molar-refractivity contribution in [2.24, 2.45) is 11.8 Å². The normalized spacial score (nSPS) is 39.6. The van der Waals surface area contributed by atoms with Crippen molar-refractivity contribution < 1.29 is 68.6 Å². The van der Waals surface area contributed by atoms with Gasteiger partial charge in [-0.3, -0.25) is 0 Å². The zero-order valence-electron chi connectivity index (χ0n) is 28.1. The second-order valence-corrected chi connectivity index (χ2v) is 14.0. The molecule has 14 heteroatoms. The second kappa shape index (κ2) is 17.3. The van der Waals surface area contributed by atoms with Crippen molar-refractivity contribution in [3.8, 4) is 0 Å². The predicted molar refractivity (Wildman–Crippen MR) is 170 cm³/mol. The highest BCUT2D eigenvalue weighted by Crippen LogP contribution is 2.37. The number of hydrogen-bond acceptors (Lipinski definition) is 13. The molecule has 2 saturated carbocycles. The van der Waals surface area contributed by atoms with E-state index < -0.39 is 98.3 Å². The van der Waals surface area contributed by atoms with E-state index in [1.165, 1.54) is 0 Å². The molecule has 1 aromatic rings. The lowest BCUT2D eigenvalue weighted by Crippen LogP contribution is -2.64. The van der Waals surface area contributed by atoms with Crippen molar-refractivity contribution in [1.82, 2.24) is 0 Å². The van der Waals surface area contributed by atoms with Crippen molar-refractivity contribution in [2.45, 2.75) is 151 Å². The van der Waals surface area contributed by atoms with Crippen LogP contribution in [0.4, 0.5) is 0 Å². The minimum absolute atomic E-state index is 0.110. The molecule has 6 N–H and O–H groups in total. The van der Waals surface area contributed by atoms with Crippen LogP contribution in [0.5, 0.6) is 0 Å². The van der Waals surface area contributed by atoms with E-state index in [-0.39, 0.29) is 23.8 Å². The third kappa shape index (κ3) is 9.17. The molecule has 0 radical (unpaired) electrons. The van der Waals surface area contributed by atoms with Crippen LogP contribution in [0.15, 0.2) is 30.3 Å². The van der Waals surface area contributed by atoms with Crippen LogP contribution < -0.4 is 0 Å². The predicted octanol–water partition coefficient (Wildman–Crippen LogP) is 1.52. The molecule has 4 fully saturated rings. The molecule has 14 atom stereocenters. The van der Waals surface area contributed by atoms with Crippen LogP contribution in [0, 0.1) is 11.8 Å². The van der Waals surface area contributed by atoms with E-state index >= 15 is 0 Å². The van der Waals surface area contributed by atoms with Gasteiger partial charge in [0.1, 0.15) is 36.6 Å². The molecule has 4 aliphatic rings. The lowest BCUT2D eigenvalue weighted by Gasteiger charge is -2.47. The average Bonchev–Trinajstić information content (AvgIpc) is 3.10. The Morgan fingerprint density at radius 2 is 1.51 bits per heavy atom. The number of aliphatic carboxylic acids is 1. The van der Waals surface area contributed by atoms with Gasteiger partial charge in [-0.2, -0.15) is 0 Å². The molecular weight excluding hydrogens is 644 g/mol. The molecule has 0 aromatic heterocycles. The van der Waals surface area contributed by atoms with Gasteiger partial charge in [0.2, 0.25) is 0 Å². The molecule has 1 aromatic carbocycles. The first-order valence-electron chi connectivity index (χ1n) is 17.6. The van der Waals surface area contributed by atoms with Gasteiger partial charge in [-0.1, -0.05) is 63.6 Å². The number of carboxylic acid groups (broad SMARTS) is 1. The molecule has 0 bridgehead atoms. The van der Waals surface area contributed by atoms with Gasteiger partial charge < -0.3 is 59.1 Å². The summed E-state index contributed by atoms with van der Waals surface area (Å²) in [5, 5.41) is 63.0. The summed E-state index contributed by atoms with van der Waals surface area (Å²) in [5.74, 6) is -2.03. The summed E-state index contributed by atoms with van der Waals surface area (Å²) in [7, 11) is 0. The largest absolute Gasteiger partial charge is 0.479 e. The molecule has 2 aliphatic heterocycles. The fourth-order valence-corrected chi connectivity index (χ4v) is 7.48. The Labute approximate surface area is 286 Å². The number of carbonyl (C=O) groups is 2. The summed E-state index contributed by atoms with van der Waals surface area (Å²) in [6.07, 6.45) is -9.64. The van der Waals surface area contributed by atoms with Crippen molar-refractivity contribution in [2.75, 3.05) is 6.61 Å². The minimum atomic E-state index is -1.58. The van der Waals surface area contributed by atoms with Crippen LogP contribution in [0.3, 0.4) is 0 Å². The summed E-state index contributed by atoms with van der Waals surface area (Å²) in [4.78, 5) is 26.0. The van der Waals surface area contributed by atoms with E-state index in [1.807, 2.05) is 6.92 Å². The summed E-state index contributed by atoms with van der Waals surface area (Å²) in [5.41, 5.74) is 0.196. The topological polar surface area (TPSA) is 211 Å². The standard InChI is InChI=1S/C35H52O14/c1-18-10-9-15-22(29(18)49-34-28(40)27(39)25(37)19(2)44-34)46-35-31(48-33(43)21-13-7-4-8-14-21)30(26(38)24(17-36)47-35)45-23(32(41)42)16-20-11-5-3-6-12-20/h4,7-8,13-14,18-20,22-31,34-40H,3,5-6,9-12,15-17H2,1-2H3,(H,41,42)/t18?,19?,22?,23-,24?,25?,26?,27?,28?,29?,30?,31?,34?,35?/m0/s1. The van der Waals surface area contributed by atoms with E-state index in [2.05, 4.69) is 0 Å². The van der Waals surface area contributed by atoms with Crippen LogP contribution in [0.25, 0.3) is 0 Å². The maximum atomic E-state index is 13.4. The first-order chi connectivity index (χ1) is 23.5. The smallest absolute Gasteiger partial charge is 0.338 e. The minimum Gasteiger partial charge on any atom is -0.479 e. The molecule has 2 saturated heterocycles. The van der Waals surface area contributed by atoms with E-state index in [0.29, 0.717) is 12.8 Å². The van der Waals surface area contributed by atoms with Gasteiger partial charge in [-0.25, -0.2) is 9.59 Å². The first-order valence-corrected chi connectivity index (χ1v) is 17.6. The maximum absolute atomic E-state index is 13.4. The van der Waals surface area contributed by atoms with E-state index in [9.17, 15) is 40.2 Å². The molecule has 0 amide bonds. The highest BCUT2D eigenvalue weighted by atomic mass is 16.7. The van der Waals surface area contributed by atoms with Crippen molar-refractivity contribution in [3.05, 3.63) is 35.9 Å². The Balaban J connectivity index is 1.42. The van der Waals surface area contributed by atoms with E-state index in [0.717, 1.165) is 38.5 Å². The summed E-state index contributed by atoms with van der Waals surface area (Å²) in [6, 6.07) is 8.13. The van der Waals surface area contributed by atoms with E-state index in [4.69, 9.17) is 28.4 Å². The molecule has 2 aliphatic carbocycles. The highest BCUT2D eigenvalue weighted by Gasteiger charge is 2.52. The van der Waals surface area contributed by atoms with Gasteiger partial charge >= 0.3 is 11.9 Å². The van der Waals surface area contributed by atoms with Gasteiger partial charge in [0.05, 0.1) is 30.5 Å². The lowest BCUT2D eigenvalue weighted by molar-refractivity contribution is -0.348. The van der Waals surface area contributed by atoms with Gasteiger partial charge in [0, 0.05) is 0 Å². The lowest BCUT2D eigenvalue weighted by atomic mass is 9.85.